The number of rotatable bonds is 6. The highest BCUT2D eigenvalue weighted by molar-refractivity contribution is 5.30. The monoisotopic (exact) mass is 256 g/mol. The van der Waals surface area contributed by atoms with Gasteiger partial charge in [-0.3, -0.25) is 0 Å². The van der Waals surface area contributed by atoms with E-state index in [1.807, 2.05) is 0 Å². The molecule has 0 fully saturated rings. The van der Waals surface area contributed by atoms with Gasteiger partial charge >= 0.3 is 0 Å². The Morgan fingerprint density at radius 3 is 1.95 bits per heavy atom. The summed E-state index contributed by atoms with van der Waals surface area (Å²) in [6, 6.07) is 17.1. The molecule has 0 saturated heterocycles. The van der Waals surface area contributed by atoms with Crippen molar-refractivity contribution >= 4 is 0 Å². The van der Waals surface area contributed by atoms with Gasteiger partial charge in [0.25, 0.3) is 0 Å². The van der Waals surface area contributed by atoms with Crippen LogP contribution in [0.1, 0.15) is 22.3 Å². The Bertz CT molecular complexity index is 503. The van der Waals surface area contributed by atoms with Crippen LogP contribution in [0.25, 0.3) is 0 Å². The molecule has 19 heavy (non-hydrogen) atoms. The molecule has 0 bridgehead atoms. The zero-order chi connectivity index (χ0) is 13.5. The van der Waals surface area contributed by atoms with E-state index in [9.17, 15) is 0 Å². The van der Waals surface area contributed by atoms with Crippen molar-refractivity contribution in [2.45, 2.75) is 19.6 Å². The zero-order valence-electron chi connectivity index (χ0n) is 11.6. The van der Waals surface area contributed by atoms with Gasteiger partial charge in [-0.15, -0.1) is 0 Å². The van der Waals surface area contributed by atoms with Crippen LogP contribution in [0.3, 0.4) is 0 Å². The van der Waals surface area contributed by atoms with Crippen molar-refractivity contribution in [1.29, 1.82) is 0 Å². The molecule has 2 rings (SSSR count). The lowest BCUT2D eigenvalue weighted by Crippen LogP contribution is -1.93. The summed E-state index contributed by atoms with van der Waals surface area (Å²) in [4.78, 5) is 0. The summed E-state index contributed by atoms with van der Waals surface area (Å²) in [5.74, 6) is 0. The fourth-order valence-electron chi connectivity index (χ4n) is 2.15. The summed E-state index contributed by atoms with van der Waals surface area (Å²) in [6.07, 6.45) is 0.949. The number of hydrogen-bond donors (Lipinski definition) is 0. The highest BCUT2D eigenvalue weighted by Crippen LogP contribution is 2.13. The van der Waals surface area contributed by atoms with E-state index in [0.717, 1.165) is 6.42 Å². The Balaban J connectivity index is 2.05. The van der Waals surface area contributed by atoms with Gasteiger partial charge in [0.15, 0.2) is 0 Å². The summed E-state index contributed by atoms with van der Waals surface area (Å²) in [5, 5.41) is 0. The van der Waals surface area contributed by atoms with Crippen LogP contribution in [0.15, 0.2) is 48.5 Å². The minimum Gasteiger partial charge on any atom is -0.380 e. The van der Waals surface area contributed by atoms with Crippen LogP contribution in [0.5, 0.6) is 0 Å². The maximum Gasteiger partial charge on any atom is 0.0713 e. The molecule has 0 aliphatic heterocycles. The average Bonchev–Trinajstić information content (AvgIpc) is 2.42. The van der Waals surface area contributed by atoms with E-state index in [1.165, 1.54) is 22.3 Å². The van der Waals surface area contributed by atoms with Gasteiger partial charge < -0.3 is 9.47 Å². The van der Waals surface area contributed by atoms with Crippen molar-refractivity contribution in [2.24, 2.45) is 0 Å². The molecule has 0 aromatic heterocycles. The molecule has 2 heteroatoms. The molecule has 0 unspecified atom stereocenters. The third-order valence-corrected chi connectivity index (χ3v) is 3.04. The quantitative estimate of drug-likeness (QED) is 0.786. The van der Waals surface area contributed by atoms with Crippen molar-refractivity contribution in [2.75, 3.05) is 14.2 Å². The summed E-state index contributed by atoms with van der Waals surface area (Å²) < 4.78 is 10.3. The van der Waals surface area contributed by atoms with Crippen LogP contribution in [0.4, 0.5) is 0 Å². The Morgan fingerprint density at radius 2 is 1.26 bits per heavy atom. The highest BCUT2D eigenvalue weighted by Gasteiger charge is 1.99. The lowest BCUT2D eigenvalue weighted by atomic mass is 10.0. The second-order valence-electron chi connectivity index (χ2n) is 4.68. The zero-order valence-corrected chi connectivity index (χ0v) is 11.6. The maximum atomic E-state index is 5.16. The minimum absolute atomic E-state index is 0.667. The molecule has 2 nitrogen and oxygen atoms in total. The summed E-state index contributed by atoms with van der Waals surface area (Å²) in [7, 11) is 3.44. The van der Waals surface area contributed by atoms with Crippen molar-refractivity contribution in [3.63, 3.8) is 0 Å². The van der Waals surface area contributed by atoms with Crippen molar-refractivity contribution < 1.29 is 9.47 Å². The van der Waals surface area contributed by atoms with Crippen LogP contribution in [-0.2, 0) is 29.1 Å². The van der Waals surface area contributed by atoms with E-state index in [1.54, 1.807) is 14.2 Å². The SMILES string of the molecule is COCc1ccc(Cc2cccc(COC)c2)cc1. The van der Waals surface area contributed by atoms with Gasteiger partial charge in [0.05, 0.1) is 13.2 Å². The summed E-state index contributed by atoms with van der Waals surface area (Å²) in [6.45, 7) is 1.34. The topological polar surface area (TPSA) is 18.5 Å². The summed E-state index contributed by atoms with van der Waals surface area (Å²) in [5.41, 5.74) is 5.05. The van der Waals surface area contributed by atoms with Crippen LogP contribution < -0.4 is 0 Å². The van der Waals surface area contributed by atoms with Crippen LogP contribution in [0.2, 0.25) is 0 Å². The second-order valence-corrected chi connectivity index (χ2v) is 4.68. The minimum atomic E-state index is 0.667. The fraction of sp³-hybridized carbons (Fsp3) is 0.294. The van der Waals surface area contributed by atoms with E-state index >= 15 is 0 Å². The van der Waals surface area contributed by atoms with E-state index < -0.39 is 0 Å². The molecule has 0 amide bonds. The van der Waals surface area contributed by atoms with Gasteiger partial charge in [0, 0.05) is 14.2 Å². The van der Waals surface area contributed by atoms with Crippen molar-refractivity contribution in [3.05, 3.63) is 70.8 Å². The Hall–Kier alpha value is -1.64. The molecular formula is C17H20O2. The predicted molar refractivity (Wildman–Crippen MR) is 77.1 cm³/mol. The van der Waals surface area contributed by atoms with Gasteiger partial charge in [-0.25, -0.2) is 0 Å². The molecule has 0 N–H and O–H groups in total. The Labute approximate surface area is 115 Å². The first kappa shape index (κ1) is 13.8. The predicted octanol–water partition coefficient (Wildman–Crippen LogP) is 3.57. The highest BCUT2D eigenvalue weighted by atomic mass is 16.5. The van der Waals surface area contributed by atoms with Crippen molar-refractivity contribution in [3.8, 4) is 0 Å². The molecule has 100 valence electrons. The molecule has 2 aromatic rings. The third kappa shape index (κ3) is 4.19. The van der Waals surface area contributed by atoms with E-state index in [-0.39, 0.29) is 0 Å². The number of hydrogen-bond acceptors (Lipinski definition) is 2. The van der Waals surface area contributed by atoms with Crippen LogP contribution in [0, 0.1) is 0 Å². The van der Waals surface area contributed by atoms with E-state index in [4.69, 9.17) is 9.47 Å². The molecule has 0 spiro atoms. The lowest BCUT2D eigenvalue weighted by Gasteiger charge is -2.06. The van der Waals surface area contributed by atoms with Crippen molar-refractivity contribution in [1.82, 2.24) is 0 Å². The van der Waals surface area contributed by atoms with Crippen LogP contribution in [-0.4, -0.2) is 14.2 Å². The Kier molecular flexibility index (Phi) is 5.13. The molecule has 0 aliphatic rings. The van der Waals surface area contributed by atoms with E-state index in [0.29, 0.717) is 13.2 Å². The standard InChI is InChI=1S/C17H20O2/c1-18-12-15-8-6-14(7-9-15)10-16-4-3-5-17(11-16)13-19-2/h3-9,11H,10,12-13H2,1-2H3. The van der Waals surface area contributed by atoms with Gasteiger partial charge in [-0.2, -0.15) is 0 Å². The first-order valence-electron chi connectivity index (χ1n) is 6.45. The average molecular weight is 256 g/mol. The second kappa shape index (κ2) is 7.07. The maximum absolute atomic E-state index is 5.16. The number of benzene rings is 2. The van der Waals surface area contributed by atoms with Gasteiger partial charge in [-0.1, -0.05) is 48.5 Å². The van der Waals surface area contributed by atoms with E-state index in [2.05, 4.69) is 48.5 Å². The first-order valence-corrected chi connectivity index (χ1v) is 6.45. The molecule has 0 saturated carbocycles. The first-order chi connectivity index (χ1) is 9.31. The fourth-order valence-corrected chi connectivity index (χ4v) is 2.15. The van der Waals surface area contributed by atoms with Gasteiger partial charge in [0.1, 0.15) is 0 Å². The Morgan fingerprint density at radius 1 is 0.684 bits per heavy atom. The van der Waals surface area contributed by atoms with Crippen LogP contribution >= 0.6 is 0 Å². The molecular weight excluding hydrogens is 236 g/mol. The largest absolute Gasteiger partial charge is 0.380 e. The number of methoxy groups -OCH3 is 2. The number of ether oxygens (including phenoxy) is 2. The van der Waals surface area contributed by atoms with Gasteiger partial charge in [0.2, 0.25) is 0 Å². The smallest absolute Gasteiger partial charge is 0.0713 e. The third-order valence-electron chi connectivity index (χ3n) is 3.04. The molecule has 0 heterocycles. The molecule has 0 atom stereocenters. The summed E-state index contributed by atoms with van der Waals surface area (Å²) >= 11 is 0. The van der Waals surface area contributed by atoms with Gasteiger partial charge in [-0.05, 0) is 28.7 Å². The lowest BCUT2D eigenvalue weighted by molar-refractivity contribution is 0.185. The normalized spacial score (nSPS) is 10.6. The molecule has 0 aliphatic carbocycles. The molecule has 2 aromatic carbocycles. The molecule has 0 radical (unpaired) electrons.